The van der Waals surface area contributed by atoms with Gasteiger partial charge in [-0.15, -0.1) is 0 Å². The number of amides is 1. The van der Waals surface area contributed by atoms with Crippen LogP contribution in [0.5, 0.6) is 0 Å². The van der Waals surface area contributed by atoms with Crippen LogP contribution >= 0.6 is 11.8 Å². The lowest BCUT2D eigenvalue weighted by molar-refractivity contribution is 0.0956. The number of aromatic nitrogens is 2. The SMILES string of the molecule is O=C(NCCSCCCO)c1ccccc1-n1cccn1. The Morgan fingerprint density at radius 2 is 2.14 bits per heavy atom. The monoisotopic (exact) mass is 305 g/mol. The van der Waals surface area contributed by atoms with E-state index in [0.717, 1.165) is 23.6 Å². The van der Waals surface area contributed by atoms with E-state index >= 15 is 0 Å². The molecule has 1 heterocycles. The normalized spacial score (nSPS) is 10.5. The Balaban J connectivity index is 1.91. The zero-order valence-corrected chi connectivity index (χ0v) is 12.6. The van der Waals surface area contributed by atoms with Crippen LogP contribution in [0, 0.1) is 0 Å². The Bertz CT molecular complexity index is 558. The van der Waals surface area contributed by atoms with Gasteiger partial charge in [0.05, 0.1) is 11.3 Å². The first-order chi connectivity index (χ1) is 10.3. The van der Waals surface area contributed by atoms with E-state index in [4.69, 9.17) is 5.11 Å². The summed E-state index contributed by atoms with van der Waals surface area (Å²) in [5, 5.41) is 15.8. The van der Waals surface area contributed by atoms with Gasteiger partial charge in [-0.2, -0.15) is 16.9 Å². The van der Waals surface area contributed by atoms with Crippen molar-refractivity contribution in [2.45, 2.75) is 6.42 Å². The fourth-order valence-electron chi connectivity index (χ4n) is 1.88. The molecule has 112 valence electrons. The third kappa shape index (κ3) is 4.61. The first kappa shape index (κ1) is 15.6. The number of rotatable bonds is 8. The van der Waals surface area contributed by atoms with Crippen molar-refractivity contribution in [1.82, 2.24) is 15.1 Å². The number of thioether (sulfide) groups is 1. The highest BCUT2D eigenvalue weighted by Crippen LogP contribution is 2.13. The highest BCUT2D eigenvalue weighted by molar-refractivity contribution is 7.99. The van der Waals surface area contributed by atoms with Crippen molar-refractivity contribution in [2.75, 3.05) is 24.7 Å². The maximum absolute atomic E-state index is 12.2. The van der Waals surface area contributed by atoms with E-state index in [-0.39, 0.29) is 12.5 Å². The molecule has 0 bridgehead atoms. The molecule has 0 spiro atoms. The second kappa shape index (κ2) is 8.49. The van der Waals surface area contributed by atoms with Gasteiger partial charge in [-0.3, -0.25) is 4.79 Å². The minimum absolute atomic E-state index is 0.0936. The molecule has 0 saturated heterocycles. The van der Waals surface area contributed by atoms with Crippen molar-refractivity contribution >= 4 is 17.7 Å². The first-order valence-corrected chi connectivity index (χ1v) is 8.04. The van der Waals surface area contributed by atoms with Gasteiger partial charge in [-0.1, -0.05) is 12.1 Å². The molecular formula is C15H19N3O2S. The van der Waals surface area contributed by atoms with E-state index in [1.807, 2.05) is 30.5 Å². The largest absolute Gasteiger partial charge is 0.396 e. The van der Waals surface area contributed by atoms with Crippen LogP contribution in [-0.4, -0.2) is 45.5 Å². The quantitative estimate of drug-likeness (QED) is 0.729. The van der Waals surface area contributed by atoms with Crippen molar-refractivity contribution in [2.24, 2.45) is 0 Å². The Hall–Kier alpha value is -1.79. The van der Waals surface area contributed by atoms with E-state index in [1.165, 1.54) is 0 Å². The number of benzene rings is 1. The molecule has 0 atom stereocenters. The number of carbonyl (C=O) groups excluding carboxylic acids is 1. The van der Waals surface area contributed by atoms with Gasteiger partial charge in [0.25, 0.3) is 5.91 Å². The van der Waals surface area contributed by atoms with Crippen molar-refractivity contribution in [3.05, 3.63) is 48.3 Å². The zero-order valence-electron chi connectivity index (χ0n) is 11.7. The van der Waals surface area contributed by atoms with Crippen LogP contribution in [-0.2, 0) is 0 Å². The number of hydrogen-bond acceptors (Lipinski definition) is 4. The van der Waals surface area contributed by atoms with E-state index in [2.05, 4.69) is 10.4 Å². The number of nitrogens with one attached hydrogen (secondary N) is 1. The molecule has 0 aliphatic carbocycles. The predicted molar refractivity (Wildman–Crippen MR) is 84.9 cm³/mol. The Kier molecular flexibility index (Phi) is 6.30. The summed E-state index contributed by atoms with van der Waals surface area (Å²) in [6.45, 7) is 0.832. The molecule has 21 heavy (non-hydrogen) atoms. The molecule has 0 unspecified atom stereocenters. The zero-order chi connectivity index (χ0) is 14.9. The van der Waals surface area contributed by atoms with Gasteiger partial charge in [-0.05, 0) is 30.4 Å². The summed E-state index contributed by atoms with van der Waals surface area (Å²) in [5.41, 5.74) is 1.38. The highest BCUT2D eigenvalue weighted by atomic mass is 32.2. The van der Waals surface area contributed by atoms with Crippen LogP contribution in [0.15, 0.2) is 42.7 Å². The summed E-state index contributed by atoms with van der Waals surface area (Å²) in [7, 11) is 0. The molecule has 2 rings (SSSR count). The molecule has 0 aliphatic rings. The van der Waals surface area contributed by atoms with Gasteiger partial charge < -0.3 is 10.4 Å². The van der Waals surface area contributed by atoms with Crippen molar-refractivity contribution in [3.8, 4) is 5.69 Å². The van der Waals surface area contributed by atoms with Crippen molar-refractivity contribution in [3.63, 3.8) is 0 Å². The van der Waals surface area contributed by atoms with Gasteiger partial charge in [0.2, 0.25) is 0 Å². The Morgan fingerprint density at radius 1 is 1.29 bits per heavy atom. The van der Waals surface area contributed by atoms with Gasteiger partial charge in [0, 0.05) is 31.3 Å². The van der Waals surface area contributed by atoms with Crippen LogP contribution in [0.25, 0.3) is 5.69 Å². The number of carbonyl (C=O) groups is 1. The summed E-state index contributed by atoms with van der Waals surface area (Å²) in [5.74, 6) is 1.66. The summed E-state index contributed by atoms with van der Waals surface area (Å²) in [6, 6.07) is 9.23. The summed E-state index contributed by atoms with van der Waals surface area (Å²) in [4.78, 5) is 12.2. The van der Waals surface area contributed by atoms with Crippen LogP contribution in [0.3, 0.4) is 0 Å². The Labute approximate surface area is 128 Å². The van der Waals surface area contributed by atoms with Crippen LogP contribution in [0.4, 0.5) is 0 Å². The van der Waals surface area contributed by atoms with Crippen LogP contribution in [0.1, 0.15) is 16.8 Å². The smallest absolute Gasteiger partial charge is 0.253 e. The average molecular weight is 305 g/mol. The molecule has 1 amide bonds. The molecule has 0 fully saturated rings. The molecular weight excluding hydrogens is 286 g/mol. The lowest BCUT2D eigenvalue weighted by atomic mass is 10.1. The van der Waals surface area contributed by atoms with E-state index in [0.29, 0.717) is 12.1 Å². The van der Waals surface area contributed by atoms with Crippen molar-refractivity contribution in [1.29, 1.82) is 0 Å². The molecule has 1 aromatic carbocycles. The third-order valence-electron chi connectivity index (χ3n) is 2.88. The maximum Gasteiger partial charge on any atom is 0.253 e. The van der Waals surface area contributed by atoms with E-state index < -0.39 is 0 Å². The fourth-order valence-corrected chi connectivity index (χ4v) is 2.66. The van der Waals surface area contributed by atoms with Crippen LogP contribution in [0.2, 0.25) is 0 Å². The topological polar surface area (TPSA) is 67.2 Å². The van der Waals surface area contributed by atoms with E-state index in [1.54, 1.807) is 28.7 Å². The van der Waals surface area contributed by atoms with Crippen LogP contribution < -0.4 is 5.32 Å². The second-order valence-corrected chi connectivity index (χ2v) is 5.64. The summed E-state index contributed by atoms with van der Waals surface area (Å²) in [6.07, 6.45) is 4.30. The van der Waals surface area contributed by atoms with Gasteiger partial charge in [0.15, 0.2) is 0 Å². The standard InChI is InChI=1S/C15H19N3O2S/c19-10-4-11-21-12-8-16-15(20)13-5-1-2-6-14(13)18-9-3-7-17-18/h1-3,5-7,9,19H,4,8,10-12H2,(H,16,20). The maximum atomic E-state index is 12.2. The lowest BCUT2D eigenvalue weighted by Gasteiger charge is -2.10. The molecule has 0 radical (unpaired) electrons. The number of nitrogens with zero attached hydrogens (tertiary/aromatic N) is 2. The lowest BCUT2D eigenvalue weighted by Crippen LogP contribution is -2.27. The minimum atomic E-state index is -0.0936. The van der Waals surface area contributed by atoms with Crippen molar-refractivity contribution < 1.29 is 9.90 Å². The molecule has 0 saturated carbocycles. The molecule has 0 aliphatic heterocycles. The predicted octanol–water partition coefficient (Wildman–Crippen LogP) is 1.72. The molecule has 2 aromatic rings. The first-order valence-electron chi connectivity index (χ1n) is 6.89. The number of para-hydroxylation sites is 1. The highest BCUT2D eigenvalue weighted by Gasteiger charge is 2.11. The molecule has 6 heteroatoms. The number of hydrogen-bond donors (Lipinski definition) is 2. The fraction of sp³-hybridized carbons (Fsp3) is 0.333. The summed E-state index contributed by atoms with van der Waals surface area (Å²) >= 11 is 1.72. The van der Waals surface area contributed by atoms with Gasteiger partial charge in [-0.25, -0.2) is 4.68 Å². The van der Waals surface area contributed by atoms with Gasteiger partial charge >= 0.3 is 0 Å². The minimum Gasteiger partial charge on any atom is -0.396 e. The van der Waals surface area contributed by atoms with E-state index in [9.17, 15) is 4.79 Å². The van der Waals surface area contributed by atoms with Gasteiger partial charge in [0.1, 0.15) is 0 Å². The Morgan fingerprint density at radius 3 is 2.90 bits per heavy atom. The molecule has 2 N–H and O–H groups in total. The molecule has 5 nitrogen and oxygen atoms in total. The number of aliphatic hydroxyl groups is 1. The third-order valence-corrected chi connectivity index (χ3v) is 3.95. The average Bonchev–Trinajstić information content (AvgIpc) is 3.05. The number of aliphatic hydroxyl groups excluding tert-OH is 1. The second-order valence-electron chi connectivity index (χ2n) is 4.41. The molecule has 1 aromatic heterocycles. The summed E-state index contributed by atoms with van der Waals surface area (Å²) < 4.78 is 1.69.